The van der Waals surface area contributed by atoms with Crippen molar-refractivity contribution >= 4 is 0 Å². The van der Waals surface area contributed by atoms with Gasteiger partial charge in [-0.05, 0) is 128 Å². The van der Waals surface area contributed by atoms with Crippen LogP contribution in [-0.2, 0) is 0 Å². The highest BCUT2D eigenvalue weighted by atomic mass is 16.5. The minimum absolute atomic E-state index is 0.00824. The standard InChI is InChI=1S/C66H62O2/c1-3-5-7-9-11-21-43-67-47-37-31-45(32-38-47)35-41-57-63-59-49-23-13-14-24-50(49)60-54-28-18-20-30-56(54)62-52-26-16-15-25-51(52)61(55-29-19-17-27-53(55)59)65(63)58(66(62)64(57)60)42-36-46-33-39-48(40-34-46)68-44-22-12-10-8-6-4-2/h13-20,23-34,37-40,59-62H,3-12,21-22,43-44H2,1-2H3. The van der Waals surface area contributed by atoms with Crippen molar-refractivity contribution in [2.75, 3.05) is 13.2 Å². The van der Waals surface area contributed by atoms with Crippen molar-refractivity contribution in [1.29, 1.82) is 0 Å². The Balaban J connectivity index is 1.07. The summed E-state index contributed by atoms with van der Waals surface area (Å²) in [6.07, 6.45) is 15.0. The lowest BCUT2D eigenvalue weighted by Gasteiger charge is -2.36. The molecule has 0 amide bonds. The summed E-state index contributed by atoms with van der Waals surface area (Å²) in [7, 11) is 0. The number of hydrogen-bond acceptors (Lipinski definition) is 2. The third-order valence-electron chi connectivity index (χ3n) is 15.2. The number of rotatable bonds is 16. The molecule has 0 fully saturated rings. The molecule has 0 aromatic heterocycles. The van der Waals surface area contributed by atoms with E-state index in [9.17, 15) is 0 Å². The van der Waals surface area contributed by atoms with Gasteiger partial charge in [0.05, 0.1) is 13.2 Å². The zero-order chi connectivity index (χ0) is 45.8. The van der Waals surface area contributed by atoms with E-state index in [0.29, 0.717) is 0 Å². The molecule has 2 nitrogen and oxygen atoms in total. The molecule has 68 heavy (non-hydrogen) atoms. The van der Waals surface area contributed by atoms with Gasteiger partial charge in [0, 0.05) is 45.9 Å². The van der Waals surface area contributed by atoms with E-state index < -0.39 is 0 Å². The monoisotopic (exact) mass is 886 g/mol. The van der Waals surface area contributed by atoms with Crippen LogP contribution in [0.15, 0.2) is 146 Å². The molecule has 0 saturated carbocycles. The molecule has 0 unspecified atom stereocenters. The van der Waals surface area contributed by atoms with Gasteiger partial charge in [0.1, 0.15) is 11.5 Å². The molecule has 7 aromatic rings. The minimum atomic E-state index is -0.00824. The van der Waals surface area contributed by atoms with E-state index in [1.54, 1.807) is 0 Å². The van der Waals surface area contributed by atoms with Crippen LogP contribution in [0, 0.1) is 23.7 Å². The number of fused-ring (bicyclic) bond motifs is 12. The van der Waals surface area contributed by atoms with Crippen molar-refractivity contribution < 1.29 is 9.47 Å². The Bertz CT molecular complexity index is 2740. The van der Waals surface area contributed by atoms with Gasteiger partial charge in [0.2, 0.25) is 0 Å². The van der Waals surface area contributed by atoms with E-state index in [2.05, 4.69) is 183 Å². The normalized spacial score (nSPS) is 17.0. The highest BCUT2D eigenvalue weighted by molar-refractivity contribution is 5.82. The lowest BCUT2D eigenvalue weighted by Crippen LogP contribution is -2.23. The third-order valence-corrected chi connectivity index (χ3v) is 15.2. The van der Waals surface area contributed by atoms with Gasteiger partial charge < -0.3 is 9.47 Å². The molecule has 4 bridgehead atoms. The number of ether oxygens (including phenoxy) is 2. The first-order chi connectivity index (χ1) is 33.7. The Morgan fingerprint density at radius 2 is 0.574 bits per heavy atom. The van der Waals surface area contributed by atoms with Crippen molar-refractivity contribution in [3.05, 3.63) is 235 Å². The summed E-state index contributed by atoms with van der Waals surface area (Å²) < 4.78 is 12.4. The smallest absolute Gasteiger partial charge is 0.119 e. The predicted octanol–water partition coefficient (Wildman–Crippen LogP) is 15.9. The molecule has 2 heteroatoms. The van der Waals surface area contributed by atoms with Crippen LogP contribution in [-0.4, -0.2) is 13.2 Å². The Morgan fingerprint density at radius 1 is 0.309 bits per heavy atom. The molecule has 338 valence electrons. The molecule has 0 N–H and O–H groups in total. The number of unbranched alkanes of at least 4 members (excludes halogenated alkanes) is 10. The molecule has 7 aromatic carbocycles. The van der Waals surface area contributed by atoms with Crippen LogP contribution in [0.1, 0.15) is 204 Å². The number of hydrogen-bond donors (Lipinski definition) is 0. The van der Waals surface area contributed by atoms with Crippen molar-refractivity contribution in [3.63, 3.8) is 0 Å². The fourth-order valence-corrected chi connectivity index (χ4v) is 12.0. The summed E-state index contributed by atoms with van der Waals surface area (Å²) >= 11 is 0. The summed E-state index contributed by atoms with van der Waals surface area (Å²) in [5.74, 6) is 17.3. The van der Waals surface area contributed by atoms with Crippen LogP contribution >= 0.6 is 0 Å². The van der Waals surface area contributed by atoms with Gasteiger partial charge in [-0.25, -0.2) is 0 Å². The summed E-state index contributed by atoms with van der Waals surface area (Å²) in [6, 6.07) is 54.0. The molecule has 0 spiro atoms. The van der Waals surface area contributed by atoms with E-state index in [1.165, 1.54) is 142 Å². The quantitative estimate of drug-likeness (QED) is 0.0711. The average Bonchev–Trinajstić information content (AvgIpc) is 3.57. The maximum absolute atomic E-state index is 6.22. The van der Waals surface area contributed by atoms with Crippen molar-refractivity contribution in [1.82, 2.24) is 0 Å². The van der Waals surface area contributed by atoms with E-state index >= 15 is 0 Å². The second-order valence-electron chi connectivity index (χ2n) is 19.4. The first kappa shape index (κ1) is 43.8. The zero-order valence-electron chi connectivity index (χ0n) is 39.9. The Hall–Kier alpha value is -6.74. The summed E-state index contributed by atoms with van der Waals surface area (Å²) in [6.45, 7) is 6.04. The lowest BCUT2D eigenvalue weighted by atomic mass is 9.65. The molecule has 11 rings (SSSR count). The summed E-state index contributed by atoms with van der Waals surface area (Å²) in [5, 5.41) is 0. The minimum Gasteiger partial charge on any atom is -0.494 e. The van der Waals surface area contributed by atoms with Gasteiger partial charge in [-0.15, -0.1) is 0 Å². The zero-order valence-corrected chi connectivity index (χ0v) is 39.9. The second kappa shape index (κ2) is 19.8. The fourth-order valence-electron chi connectivity index (χ4n) is 12.0. The van der Waals surface area contributed by atoms with Crippen molar-refractivity contribution in [2.24, 2.45) is 0 Å². The maximum atomic E-state index is 6.22. The van der Waals surface area contributed by atoms with Gasteiger partial charge in [-0.3, -0.25) is 0 Å². The van der Waals surface area contributed by atoms with E-state index in [-0.39, 0.29) is 23.7 Å². The van der Waals surface area contributed by atoms with E-state index in [1.807, 2.05) is 0 Å². The molecule has 4 aliphatic rings. The second-order valence-corrected chi connectivity index (χ2v) is 19.4. The van der Waals surface area contributed by atoms with Crippen LogP contribution in [0.4, 0.5) is 0 Å². The topological polar surface area (TPSA) is 18.5 Å². The Labute approximate surface area is 405 Å². The van der Waals surface area contributed by atoms with Crippen LogP contribution in [0.25, 0.3) is 0 Å². The molecule has 0 radical (unpaired) electrons. The maximum Gasteiger partial charge on any atom is 0.119 e. The van der Waals surface area contributed by atoms with Crippen LogP contribution in [0.5, 0.6) is 11.5 Å². The van der Waals surface area contributed by atoms with Gasteiger partial charge in [-0.2, -0.15) is 0 Å². The lowest BCUT2D eigenvalue weighted by molar-refractivity contribution is 0.304. The molecular weight excluding hydrogens is 825 g/mol. The molecule has 0 aliphatic heterocycles. The number of benzene rings is 7. The first-order valence-electron chi connectivity index (χ1n) is 25.8. The predicted molar refractivity (Wildman–Crippen MR) is 279 cm³/mol. The fraction of sp³-hybridized carbons (Fsp3) is 0.303. The highest BCUT2D eigenvalue weighted by Crippen LogP contribution is 2.64. The average molecular weight is 887 g/mol. The van der Waals surface area contributed by atoms with Crippen LogP contribution < -0.4 is 9.47 Å². The molecule has 0 heterocycles. The summed E-state index contributed by atoms with van der Waals surface area (Å²) in [5.41, 5.74) is 20.6. The van der Waals surface area contributed by atoms with E-state index in [4.69, 9.17) is 9.47 Å². The Kier molecular flexibility index (Phi) is 12.8. The third kappa shape index (κ3) is 8.13. The first-order valence-corrected chi connectivity index (χ1v) is 25.8. The molecule has 0 atom stereocenters. The van der Waals surface area contributed by atoms with Crippen LogP contribution in [0.2, 0.25) is 0 Å². The van der Waals surface area contributed by atoms with Crippen LogP contribution in [0.3, 0.4) is 0 Å². The highest BCUT2D eigenvalue weighted by Gasteiger charge is 2.50. The largest absolute Gasteiger partial charge is 0.494 e. The molecule has 0 saturated heterocycles. The Morgan fingerprint density at radius 3 is 0.853 bits per heavy atom. The molecule has 4 aliphatic carbocycles. The van der Waals surface area contributed by atoms with Gasteiger partial charge >= 0.3 is 0 Å². The van der Waals surface area contributed by atoms with E-state index in [0.717, 1.165) is 48.7 Å². The van der Waals surface area contributed by atoms with Gasteiger partial charge in [0.15, 0.2) is 0 Å². The SMILES string of the molecule is CCCCCCCCOc1ccc(C#Cc2c3c4c(C#Cc5ccc(OCCCCCCCC)cc5)c5c2C2c6ccccc6C5c5ccccc5C4c4ccccc4C3c3ccccc32)cc1. The van der Waals surface area contributed by atoms with Crippen molar-refractivity contribution in [3.8, 4) is 35.2 Å². The molecular formula is C66H62O2. The summed E-state index contributed by atoms with van der Waals surface area (Å²) in [4.78, 5) is 0. The van der Waals surface area contributed by atoms with Crippen molar-refractivity contribution in [2.45, 2.75) is 115 Å². The van der Waals surface area contributed by atoms with Gasteiger partial charge in [-0.1, -0.05) is 199 Å². The van der Waals surface area contributed by atoms with Gasteiger partial charge in [0.25, 0.3) is 0 Å².